The van der Waals surface area contributed by atoms with Crippen LogP contribution in [0.4, 0.5) is 0 Å². The molecule has 1 aromatic rings. The zero-order chi connectivity index (χ0) is 10.6. The molecule has 0 unspecified atom stereocenters. The van der Waals surface area contributed by atoms with Crippen LogP contribution >= 0.6 is 0 Å². The topological polar surface area (TPSA) is 26.3 Å². The van der Waals surface area contributed by atoms with E-state index in [1.54, 1.807) is 7.11 Å². The molecule has 0 fully saturated rings. The molecule has 0 aliphatic heterocycles. The maximum Gasteiger partial charge on any atom is 0.168 e. The largest absolute Gasteiger partial charge is 0.377 e. The molecule has 14 heavy (non-hydrogen) atoms. The highest BCUT2D eigenvalue weighted by Crippen LogP contribution is 2.23. The van der Waals surface area contributed by atoms with Gasteiger partial charge in [0.05, 0.1) is 5.41 Å². The minimum atomic E-state index is -0.461. The van der Waals surface area contributed by atoms with E-state index in [4.69, 9.17) is 4.74 Å². The van der Waals surface area contributed by atoms with Crippen LogP contribution in [0.1, 0.15) is 19.4 Å². The van der Waals surface area contributed by atoms with Crippen LogP contribution in [0.25, 0.3) is 0 Å². The molecule has 0 heterocycles. The Morgan fingerprint density at radius 2 is 1.86 bits per heavy atom. The van der Waals surface area contributed by atoms with Crippen LogP contribution in [0.5, 0.6) is 0 Å². The number of ether oxygens (including phenoxy) is 1. The minimum Gasteiger partial charge on any atom is -0.377 e. The summed E-state index contributed by atoms with van der Waals surface area (Å²) < 4.78 is 4.86. The zero-order valence-corrected chi connectivity index (χ0v) is 8.91. The molecule has 0 amide bonds. The van der Waals surface area contributed by atoms with E-state index in [1.165, 1.54) is 0 Å². The summed E-state index contributed by atoms with van der Waals surface area (Å²) in [6, 6.07) is 9.76. The summed E-state index contributed by atoms with van der Waals surface area (Å²) >= 11 is 0. The summed E-state index contributed by atoms with van der Waals surface area (Å²) in [5, 5.41) is 0. The molecule has 2 nitrogen and oxygen atoms in total. The molecular formula is C12H16O2. The average Bonchev–Trinajstić information content (AvgIpc) is 2.19. The van der Waals surface area contributed by atoms with E-state index in [0.717, 1.165) is 5.56 Å². The molecule has 2 heteroatoms. The molecule has 0 atom stereocenters. The van der Waals surface area contributed by atoms with Crippen molar-refractivity contribution in [2.24, 2.45) is 0 Å². The average molecular weight is 192 g/mol. The van der Waals surface area contributed by atoms with Gasteiger partial charge < -0.3 is 4.74 Å². The number of benzene rings is 1. The van der Waals surface area contributed by atoms with Crippen molar-refractivity contribution in [1.82, 2.24) is 0 Å². The van der Waals surface area contributed by atoms with Crippen molar-refractivity contribution in [1.29, 1.82) is 0 Å². The maximum atomic E-state index is 11.7. The Morgan fingerprint density at radius 1 is 1.29 bits per heavy atom. The van der Waals surface area contributed by atoms with E-state index in [-0.39, 0.29) is 12.4 Å². The third-order valence-electron chi connectivity index (χ3n) is 2.47. The quantitative estimate of drug-likeness (QED) is 0.731. The fraction of sp³-hybridized carbons (Fsp3) is 0.417. The first-order chi connectivity index (χ1) is 6.59. The van der Waals surface area contributed by atoms with E-state index < -0.39 is 5.41 Å². The van der Waals surface area contributed by atoms with Crippen LogP contribution in [0.15, 0.2) is 30.3 Å². The molecule has 1 aromatic carbocycles. The highest BCUT2D eigenvalue weighted by atomic mass is 16.5. The Hall–Kier alpha value is -1.15. The zero-order valence-electron chi connectivity index (χ0n) is 8.91. The van der Waals surface area contributed by atoms with Crippen LogP contribution < -0.4 is 0 Å². The van der Waals surface area contributed by atoms with Gasteiger partial charge in [-0.15, -0.1) is 0 Å². The van der Waals surface area contributed by atoms with Gasteiger partial charge in [0.1, 0.15) is 6.61 Å². The second kappa shape index (κ2) is 4.38. The number of carbonyl (C=O) groups excluding carboxylic acids is 1. The Bertz CT molecular complexity index is 301. The van der Waals surface area contributed by atoms with Crippen molar-refractivity contribution in [3.05, 3.63) is 35.9 Å². The molecule has 0 bridgehead atoms. The van der Waals surface area contributed by atoms with Crippen LogP contribution in [0.2, 0.25) is 0 Å². The third kappa shape index (κ3) is 2.20. The second-order valence-corrected chi connectivity index (χ2v) is 3.85. The van der Waals surface area contributed by atoms with E-state index in [9.17, 15) is 4.79 Å². The number of hydrogen-bond acceptors (Lipinski definition) is 2. The van der Waals surface area contributed by atoms with Gasteiger partial charge in [-0.1, -0.05) is 30.3 Å². The SMILES string of the molecule is COCC(=O)C(C)(C)c1ccccc1. The highest BCUT2D eigenvalue weighted by molar-refractivity contribution is 5.90. The van der Waals surface area contributed by atoms with E-state index in [1.807, 2.05) is 44.2 Å². The Balaban J connectivity index is 2.90. The molecule has 0 radical (unpaired) electrons. The lowest BCUT2D eigenvalue weighted by Gasteiger charge is -2.23. The second-order valence-electron chi connectivity index (χ2n) is 3.85. The van der Waals surface area contributed by atoms with E-state index >= 15 is 0 Å². The fourth-order valence-corrected chi connectivity index (χ4v) is 1.33. The van der Waals surface area contributed by atoms with Crippen molar-refractivity contribution in [2.45, 2.75) is 19.3 Å². The van der Waals surface area contributed by atoms with Crippen LogP contribution in [0, 0.1) is 0 Å². The van der Waals surface area contributed by atoms with Crippen molar-refractivity contribution >= 4 is 5.78 Å². The summed E-state index contributed by atoms with van der Waals surface area (Å²) in [6.45, 7) is 4.01. The number of ketones is 1. The fourth-order valence-electron chi connectivity index (χ4n) is 1.33. The van der Waals surface area contributed by atoms with Crippen molar-refractivity contribution in [3.8, 4) is 0 Å². The molecule has 0 spiro atoms. The lowest BCUT2D eigenvalue weighted by Crippen LogP contribution is -2.32. The number of Topliss-reactive ketones (excluding diaryl/α,β-unsaturated/α-hetero) is 1. The number of methoxy groups -OCH3 is 1. The normalized spacial score (nSPS) is 11.4. The maximum absolute atomic E-state index is 11.7. The van der Waals surface area contributed by atoms with Gasteiger partial charge in [0.15, 0.2) is 5.78 Å². The lowest BCUT2D eigenvalue weighted by molar-refractivity contribution is -0.127. The molecule has 0 aliphatic carbocycles. The van der Waals surface area contributed by atoms with E-state index in [2.05, 4.69) is 0 Å². The molecule has 0 aliphatic rings. The van der Waals surface area contributed by atoms with Gasteiger partial charge in [-0.2, -0.15) is 0 Å². The summed E-state index contributed by atoms with van der Waals surface area (Å²) in [5.74, 6) is 0.103. The summed E-state index contributed by atoms with van der Waals surface area (Å²) in [7, 11) is 1.54. The lowest BCUT2D eigenvalue weighted by atomic mass is 9.81. The van der Waals surface area contributed by atoms with E-state index in [0.29, 0.717) is 0 Å². The molecule has 0 saturated heterocycles. The first kappa shape index (κ1) is 10.9. The third-order valence-corrected chi connectivity index (χ3v) is 2.47. The molecule has 1 rings (SSSR count). The summed E-state index contributed by atoms with van der Waals surface area (Å²) in [6.07, 6.45) is 0. The smallest absolute Gasteiger partial charge is 0.168 e. The molecule has 76 valence electrons. The number of carbonyl (C=O) groups is 1. The van der Waals surface area contributed by atoms with Gasteiger partial charge in [-0.25, -0.2) is 0 Å². The van der Waals surface area contributed by atoms with Gasteiger partial charge in [0.25, 0.3) is 0 Å². The Kier molecular flexibility index (Phi) is 3.42. The number of hydrogen-bond donors (Lipinski definition) is 0. The Morgan fingerprint density at radius 3 is 2.36 bits per heavy atom. The molecule has 0 saturated carbocycles. The van der Waals surface area contributed by atoms with Gasteiger partial charge in [-0.3, -0.25) is 4.79 Å². The summed E-state index contributed by atoms with van der Waals surface area (Å²) in [5.41, 5.74) is 0.569. The molecular weight excluding hydrogens is 176 g/mol. The van der Waals surface area contributed by atoms with Crippen LogP contribution in [0.3, 0.4) is 0 Å². The van der Waals surface area contributed by atoms with Crippen LogP contribution in [-0.4, -0.2) is 19.5 Å². The van der Waals surface area contributed by atoms with Crippen molar-refractivity contribution in [3.63, 3.8) is 0 Å². The predicted octanol–water partition coefficient (Wildman–Crippen LogP) is 2.18. The first-order valence-electron chi connectivity index (χ1n) is 4.67. The standard InChI is InChI=1S/C12H16O2/c1-12(2,11(13)9-14-3)10-7-5-4-6-8-10/h4-8H,9H2,1-3H3. The van der Waals surface area contributed by atoms with Gasteiger partial charge >= 0.3 is 0 Å². The summed E-state index contributed by atoms with van der Waals surface area (Å²) in [4.78, 5) is 11.7. The molecule has 0 aromatic heterocycles. The highest BCUT2D eigenvalue weighted by Gasteiger charge is 2.28. The number of rotatable bonds is 4. The van der Waals surface area contributed by atoms with Gasteiger partial charge in [-0.05, 0) is 19.4 Å². The van der Waals surface area contributed by atoms with Crippen LogP contribution in [-0.2, 0) is 14.9 Å². The Labute approximate surface area is 84.9 Å². The first-order valence-corrected chi connectivity index (χ1v) is 4.67. The monoisotopic (exact) mass is 192 g/mol. The predicted molar refractivity (Wildman–Crippen MR) is 56.4 cm³/mol. The van der Waals surface area contributed by atoms with Gasteiger partial charge in [0.2, 0.25) is 0 Å². The van der Waals surface area contributed by atoms with Gasteiger partial charge in [0, 0.05) is 7.11 Å². The molecule has 0 N–H and O–H groups in total. The van der Waals surface area contributed by atoms with Crippen molar-refractivity contribution in [2.75, 3.05) is 13.7 Å². The van der Waals surface area contributed by atoms with Crippen molar-refractivity contribution < 1.29 is 9.53 Å². The minimum absolute atomic E-state index is 0.103.